The van der Waals surface area contributed by atoms with Crippen molar-refractivity contribution in [2.24, 2.45) is 0 Å². The van der Waals surface area contributed by atoms with Crippen molar-refractivity contribution >= 4 is 56.6 Å². The number of alkyl halides is 3. The van der Waals surface area contributed by atoms with Crippen LogP contribution in [0.25, 0.3) is 0 Å². The molecule has 0 saturated carbocycles. The number of carbonyl (C=O) groups is 1. The van der Waals surface area contributed by atoms with Gasteiger partial charge in [-0.3, -0.25) is 14.9 Å². The molecule has 2 aromatic heterocycles. The molecule has 2 heterocycles. The molecule has 0 atom stereocenters. The van der Waals surface area contributed by atoms with Gasteiger partial charge in [-0.2, -0.15) is 21.6 Å². The molecule has 3 rings (SSSR count). The van der Waals surface area contributed by atoms with E-state index in [2.05, 4.69) is 30.6 Å². The van der Waals surface area contributed by atoms with Crippen LogP contribution in [-0.2, 0) is 10.0 Å². The Morgan fingerprint density at radius 3 is 2.58 bits per heavy atom. The maximum atomic E-state index is 13.3. The zero-order chi connectivity index (χ0) is 26.5. The minimum Gasteiger partial charge on any atom is -0.351 e. The van der Waals surface area contributed by atoms with Crippen molar-refractivity contribution in [1.82, 2.24) is 20.6 Å². The number of halogens is 5. The summed E-state index contributed by atoms with van der Waals surface area (Å²) in [6, 6.07) is 5.79. The first-order chi connectivity index (χ1) is 16.9. The van der Waals surface area contributed by atoms with Crippen LogP contribution in [0.4, 0.5) is 29.1 Å². The molecule has 1 aromatic carbocycles. The van der Waals surface area contributed by atoms with Crippen LogP contribution < -0.4 is 15.4 Å². The van der Waals surface area contributed by atoms with E-state index in [0.29, 0.717) is 5.69 Å². The number of benzene rings is 1. The summed E-state index contributed by atoms with van der Waals surface area (Å²) in [7, 11) is -5.63. The Kier molecular flexibility index (Phi) is 8.36. The molecule has 0 aliphatic carbocycles. The number of hydrogen-bond donors (Lipinski definition) is 4. The first-order valence-corrected chi connectivity index (χ1v) is 12.3. The minimum atomic E-state index is -5.63. The average Bonchev–Trinajstić information content (AvgIpc) is 3.27. The molecule has 3 aromatic rings. The fraction of sp³-hybridized carbons (Fsp3) is 0.167. The molecule has 0 bridgehead atoms. The Morgan fingerprint density at radius 2 is 1.94 bits per heavy atom. The molecule has 0 unspecified atom stereocenters. The van der Waals surface area contributed by atoms with Gasteiger partial charge in [0.05, 0.1) is 10.6 Å². The molecule has 0 saturated heterocycles. The predicted octanol–water partition coefficient (Wildman–Crippen LogP) is 3.48. The zero-order valence-corrected chi connectivity index (χ0v) is 19.9. The van der Waals surface area contributed by atoms with Crippen LogP contribution in [0.1, 0.15) is 16.1 Å². The van der Waals surface area contributed by atoms with E-state index in [1.165, 1.54) is 16.9 Å². The molecule has 1 amide bonds. The van der Waals surface area contributed by atoms with Gasteiger partial charge in [0.15, 0.2) is 16.6 Å². The number of rotatable bonds is 9. The summed E-state index contributed by atoms with van der Waals surface area (Å²) in [6.45, 7) is 0.104. The van der Waals surface area contributed by atoms with Gasteiger partial charge in [0.2, 0.25) is 0 Å². The van der Waals surface area contributed by atoms with E-state index in [1.54, 1.807) is 0 Å². The normalized spacial score (nSPS) is 11.7. The van der Waals surface area contributed by atoms with Crippen molar-refractivity contribution in [3.8, 4) is 0 Å². The van der Waals surface area contributed by atoms with E-state index in [1.807, 2.05) is 0 Å². The van der Waals surface area contributed by atoms with Crippen LogP contribution in [-0.4, -0.2) is 53.3 Å². The van der Waals surface area contributed by atoms with Crippen LogP contribution in [0, 0.1) is 11.2 Å². The quantitative estimate of drug-likeness (QED) is 0.0996. The Morgan fingerprint density at radius 1 is 1.19 bits per heavy atom. The van der Waals surface area contributed by atoms with Gasteiger partial charge in [0.25, 0.3) is 5.91 Å². The van der Waals surface area contributed by atoms with Gasteiger partial charge in [-0.05, 0) is 40.6 Å². The van der Waals surface area contributed by atoms with E-state index in [4.69, 9.17) is 17.0 Å². The highest BCUT2D eigenvalue weighted by Gasteiger charge is 2.46. The highest BCUT2D eigenvalue weighted by atomic mass is 35.5. The van der Waals surface area contributed by atoms with E-state index >= 15 is 0 Å². The summed E-state index contributed by atoms with van der Waals surface area (Å²) >= 11 is 6.81. The zero-order valence-electron chi connectivity index (χ0n) is 17.6. The topological polar surface area (TPSA) is 163 Å². The third-order valence-electron chi connectivity index (χ3n) is 4.08. The van der Waals surface area contributed by atoms with Crippen molar-refractivity contribution in [2.45, 2.75) is 10.5 Å². The summed E-state index contributed by atoms with van der Waals surface area (Å²) < 4.78 is 78.6. The maximum Gasteiger partial charge on any atom is 0.516 e. The SMILES string of the molecule is N=C(Nc1ccc(F)c(Cl)c1)c1nonc1SCCNC(=O)c1ccc(NS(=O)(=O)C(F)(F)F)nc1. The van der Waals surface area contributed by atoms with E-state index in [0.717, 1.165) is 36.2 Å². The number of carbonyl (C=O) groups excluding carboxylic acids is 1. The largest absolute Gasteiger partial charge is 0.516 e. The smallest absolute Gasteiger partial charge is 0.351 e. The molecule has 36 heavy (non-hydrogen) atoms. The number of hydrogen-bond acceptors (Lipinski definition) is 9. The number of nitrogens with one attached hydrogen (secondary N) is 4. The number of sulfonamides is 1. The lowest BCUT2D eigenvalue weighted by Gasteiger charge is -2.10. The Bertz CT molecular complexity index is 1370. The molecule has 0 aliphatic heterocycles. The third kappa shape index (κ3) is 6.82. The van der Waals surface area contributed by atoms with Crippen molar-refractivity contribution in [2.75, 3.05) is 22.3 Å². The first-order valence-electron chi connectivity index (χ1n) is 9.47. The first kappa shape index (κ1) is 27.2. The summed E-state index contributed by atoms with van der Waals surface area (Å²) in [4.78, 5) is 15.7. The fourth-order valence-electron chi connectivity index (χ4n) is 2.40. The van der Waals surface area contributed by atoms with Crippen molar-refractivity contribution in [1.29, 1.82) is 5.41 Å². The molecule has 18 heteroatoms. The Hall–Kier alpha value is -3.44. The van der Waals surface area contributed by atoms with Gasteiger partial charge < -0.3 is 10.6 Å². The summed E-state index contributed by atoms with van der Waals surface area (Å²) in [5.41, 5.74) is -5.13. The fourth-order valence-corrected chi connectivity index (χ4v) is 3.86. The number of pyridine rings is 1. The van der Waals surface area contributed by atoms with Crippen LogP contribution in [0.5, 0.6) is 0 Å². The Labute approximate surface area is 209 Å². The van der Waals surface area contributed by atoms with Crippen molar-refractivity contribution in [3.05, 3.63) is 58.6 Å². The van der Waals surface area contributed by atoms with Gasteiger partial charge in [-0.1, -0.05) is 23.4 Å². The maximum absolute atomic E-state index is 13.3. The van der Waals surface area contributed by atoms with E-state index < -0.39 is 33.1 Å². The summed E-state index contributed by atoms with van der Waals surface area (Å²) in [5.74, 6) is -1.77. The second-order valence-corrected chi connectivity index (χ2v) is 9.80. The number of amidine groups is 1. The van der Waals surface area contributed by atoms with Crippen molar-refractivity contribution in [3.63, 3.8) is 0 Å². The molecule has 4 N–H and O–H groups in total. The summed E-state index contributed by atoms with van der Waals surface area (Å²) in [5, 5.41) is 20.8. The lowest BCUT2D eigenvalue weighted by atomic mass is 10.2. The summed E-state index contributed by atoms with van der Waals surface area (Å²) in [6.07, 6.45) is 0.908. The van der Waals surface area contributed by atoms with Crippen LogP contribution in [0.3, 0.4) is 0 Å². The minimum absolute atomic E-state index is 0.0253. The van der Waals surface area contributed by atoms with Crippen LogP contribution in [0.2, 0.25) is 5.02 Å². The second kappa shape index (κ2) is 11.1. The molecular formula is C18H14ClF4N7O4S2. The number of nitrogens with zero attached hydrogens (tertiary/aromatic N) is 3. The molecule has 192 valence electrons. The molecule has 0 radical (unpaired) electrons. The predicted molar refractivity (Wildman–Crippen MR) is 122 cm³/mol. The molecular weight excluding hydrogens is 554 g/mol. The van der Waals surface area contributed by atoms with Gasteiger partial charge in [0, 0.05) is 24.2 Å². The monoisotopic (exact) mass is 567 g/mol. The molecule has 11 nitrogen and oxygen atoms in total. The van der Waals surface area contributed by atoms with E-state index in [-0.39, 0.29) is 39.4 Å². The highest BCUT2D eigenvalue weighted by Crippen LogP contribution is 2.25. The van der Waals surface area contributed by atoms with E-state index in [9.17, 15) is 30.8 Å². The number of amides is 1. The van der Waals surface area contributed by atoms with Gasteiger partial charge in [-0.25, -0.2) is 14.0 Å². The van der Waals surface area contributed by atoms with Crippen molar-refractivity contribution < 1.29 is 35.4 Å². The highest BCUT2D eigenvalue weighted by molar-refractivity contribution is 7.99. The van der Waals surface area contributed by atoms with Gasteiger partial charge >= 0.3 is 15.5 Å². The number of aromatic nitrogens is 3. The lowest BCUT2D eigenvalue weighted by Crippen LogP contribution is -2.30. The number of thioether (sulfide) groups is 1. The van der Waals surface area contributed by atoms with Crippen LogP contribution in [0.15, 0.2) is 46.2 Å². The lowest BCUT2D eigenvalue weighted by molar-refractivity contribution is -0.0429. The number of anilines is 2. The Balaban J connectivity index is 1.49. The average molecular weight is 568 g/mol. The van der Waals surface area contributed by atoms with Gasteiger partial charge in [0.1, 0.15) is 11.6 Å². The third-order valence-corrected chi connectivity index (χ3v) is 6.41. The molecule has 0 aliphatic rings. The van der Waals surface area contributed by atoms with Crippen LogP contribution >= 0.6 is 23.4 Å². The van der Waals surface area contributed by atoms with Gasteiger partial charge in [-0.15, -0.1) is 0 Å². The molecule has 0 fully saturated rings. The molecule has 0 spiro atoms. The standard InChI is InChI=1S/C18H14ClF4N7O4S2/c19-11-7-10(2-3-12(11)20)27-15(24)14-17(29-34-28-14)35-6-5-25-16(31)9-1-4-13(26-8-9)30-36(32,33)18(21,22)23/h1-4,7-8H,5-6H2,(H2,24,27)(H,25,31)(H,26,30). The second-order valence-electron chi connectivity index (χ2n) is 6.63.